The van der Waals surface area contributed by atoms with Crippen molar-refractivity contribution in [2.24, 2.45) is 0 Å². The molecular weight excluding hydrogens is 332 g/mol. The highest BCUT2D eigenvalue weighted by Gasteiger charge is 2.43. The number of nitrogens with one attached hydrogen (secondary N) is 1. The summed E-state index contributed by atoms with van der Waals surface area (Å²) in [5, 5.41) is 12.5. The molecule has 1 fully saturated rings. The Morgan fingerprint density at radius 3 is 2.58 bits per heavy atom. The minimum atomic E-state index is -0.596. The molecule has 2 aliphatic heterocycles. The number of ether oxygens (including phenoxy) is 1. The standard InChI is InChI=1S/C20H20N2O4/c23-15-6-7-16-17(24)13-20(26-18(16)12-15)8-10-22(11-9-20)19(25)21-14-4-2-1-3-5-14/h1-7,12,23H,8-11,13H2,(H,21,25). The molecule has 0 aliphatic carbocycles. The van der Waals surface area contributed by atoms with Crippen LogP contribution >= 0.6 is 0 Å². The highest BCUT2D eigenvalue weighted by Crippen LogP contribution is 2.40. The first-order valence-corrected chi connectivity index (χ1v) is 8.71. The van der Waals surface area contributed by atoms with E-state index < -0.39 is 5.60 Å². The minimum absolute atomic E-state index is 0.0217. The second kappa shape index (κ2) is 6.37. The zero-order valence-corrected chi connectivity index (χ0v) is 14.3. The van der Waals surface area contributed by atoms with E-state index in [1.807, 2.05) is 30.3 Å². The smallest absolute Gasteiger partial charge is 0.321 e. The van der Waals surface area contributed by atoms with Crippen molar-refractivity contribution in [1.82, 2.24) is 4.90 Å². The van der Waals surface area contributed by atoms with Crippen LogP contribution in [0.5, 0.6) is 11.5 Å². The molecule has 0 atom stereocenters. The molecule has 0 saturated carbocycles. The molecule has 0 unspecified atom stereocenters. The number of nitrogens with zero attached hydrogens (tertiary/aromatic N) is 1. The van der Waals surface area contributed by atoms with Crippen molar-refractivity contribution < 1.29 is 19.4 Å². The number of hydrogen-bond acceptors (Lipinski definition) is 4. The van der Waals surface area contributed by atoms with Crippen molar-refractivity contribution in [2.75, 3.05) is 18.4 Å². The number of piperidine rings is 1. The van der Waals surface area contributed by atoms with Crippen LogP contribution in [-0.4, -0.2) is 40.5 Å². The van der Waals surface area contributed by atoms with E-state index in [2.05, 4.69) is 5.32 Å². The molecule has 6 nitrogen and oxygen atoms in total. The Morgan fingerprint density at radius 2 is 1.85 bits per heavy atom. The number of carbonyl (C=O) groups is 2. The van der Waals surface area contributed by atoms with Gasteiger partial charge in [-0.05, 0) is 24.3 Å². The van der Waals surface area contributed by atoms with Crippen LogP contribution in [0.4, 0.5) is 10.5 Å². The maximum Gasteiger partial charge on any atom is 0.321 e. The average Bonchev–Trinajstić information content (AvgIpc) is 2.62. The summed E-state index contributed by atoms with van der Waals surface area (Å²) >= 11 is 0. The summed E-state index contributed by atoms with van der Waals surface area (Å²) in [7, 11) is 0. The fourth-order valence-corrected chi connectivity index (χ4v) is 3.60. The van der Waals surface area contributed by atoms with Crippen LogP contribution in [0.2, 0.25) is 0 Å². The quantitative estimate of drug-likeness (QED) is 0.824. The second-order valence-corrected chi connectivity index (χ2v) is 6.85. The van der Waals surface area contributed by atoms with Gasteiger partial charge in [0.2, 0.25) is 0 Å². The Balaban J connectivity index is 1.43. The summed E-state index contributed by atoms with van der Waals surface area (Å²) in [6.45, 7) is 1.03. The first-order valence-electron chi connectivity index (χ1n) is 8.71. The molecular formula is C20H20N2O4. The number of carbonyl (C=O) groups excluding carboxylic acids is 2. The third kappa shape index (κ3) is 3.10. The lowest BCUT2D eigenvalue weighted by atomic mass is 9.82. The number of benzene rings is 2. The van der Waals surface area contributed by atoms with Gasteiger partial charge in [-0.3, -0.25) is 4.79 Å². The lowest BCUT2D eigenvalue weighted by molar-refractivity contribution is 0.000279. The first-order chi connectivity index (χ1) is 12.5. The van der Waals surface area contributed by atoms with Crippen LogP contribution in [0.1, 0.15) is 29.6 Å². The van der Waals surface area contributed by atoms with Gasteiger partial charge < -0.3 is 20.1 Å². The number of aromatic hydroxyl groups is 1. The van der Waals surface area contributed by atoms with Gasteiger partial charge in [0, 0.05) is 37.7 Å². The molecule has 2 heterocycles. The van der Waals surface area contributed by atoms with Crippen molar-refractivity contribution in [3.8, 4) is 11.5 Å². The van der Waals surface area contributed by atoms with E-state index in [1.54, 1.807) is 11.0 Å². The molecule has 1 spiro atoms. The van der Waals surface area contributed by atoms with Crippen molar-refractivity contribution in [1.29, 1.82) is 0 Å². The summed E-state index contributed by atoms with van der Waals surface area (Å²) in [6.07, 6.45) is 1.46. The van der Waals surface area contributed by atoms with Gasteiger partial charge in [0.1, 0.15) is 17.1 Å². The fourth-order valence-electron chi connectivity index (χ4n) is 3.60. The summed E-state index contributed by atoms with van der Waals surface area (Å²) in [6, 6.07) is 13.8. The summed E-state index contributed by atoms with van der Waals surface area (Å²) in [4.78, 5) is 26.6. The Labute approximate surface area is 151 Å². The maximum atomic E-state index is 12.5. The SMILES string of the molecule is O=C1CC2(CCN(C(=O)Nc3ccccc3)CC2)Oc2cc(O)ccc21. The summed E-state index contributed by atoms with van der Waals surface area (Å²) < 4.78 is 6.12. The molecule has 2 aromatic carbocycles. The Hall–Kier alpha value is -3.02. The topological polar surface area (TPSA) is 78.9 Å². The van der Waals surface area contributed by atoms with Gasteiger partial charge in [0.05, 0.1) is 12.0 Å². The number of Topliss-reactive ketones (excluding diaryl/α,β-unsaturated/α-hetero) is 1. The van der Waals surface area contributed by atoms with Gasteiger partial charge >= 0.3 is 6.03 Å². The van der Waals surface area contributed by atoms with Crippen LogP contribution in [0.15, 0.2) is 48.5 Å². The molecule has 2 aromatic rings. The molecule has 2 aliphatic rings. The largest absolute Gasteiger partial charge is 0.508 e. The number of ketones is 1. The molecule has 4 rings (SSSR count). The second-order valence-electron chi connectivity index (χ2n) is 6.85. The number of phenols is 1. The molecule has 2 N–H and O–H groups in total. The van der Waals surface area contributed by atoms with Crippen LogP contribution in [-0.2, 0) is 0 Å². The van der Waals surface area contributed by atoms with Gasteiger partial charge in [0.25, 0.3) is 0 Å². The zero-order valence-electron chi connectivity index (χ0n) is 14.3. The highest BCUT2D eigenvalue weighted by molar-refractivity contribution is 6.00. The monoisotopic (exact) mass is 352 g/mol. The number of phenolic OH excluding ortho intramolecular Hbond substituents is 1. The van der Waals surface area contributed by atoms with Crippen LogP contribution in [0, 0.1) is 0 Å². The predicted molar refractivity (Wildman–Crippen MR) is 96.7 cm³/mol. The number of para-hydroxylation sites is 1. The number of rotatable bonds is 1. The number of urea groups is 1. The van der Waals surface area contributed by atoms with Gasteiger partial charge in [-0.1, -0.05) is 18.2 Å². The van der Waals surface area contributed by atoms with Crippen molar-refractivity contribution in [2.45, 2.75) is 24.9 Å². The van der Waals surface area contributed by atoms with Crippen LogP contribution in [0.3, 0.4) is 0 Å². The van der Waals surface area contributed by atoms with Crippen molar-refractivity contribution >= 4 is 17.5 Å². The zero-order chi connectivity index (χ0) is 18.1. The molecule has 26 heavy (non-hydrogen) atoms. The predicted octanol–water partition coefficient (Wildman–Crippen LogP) is 3.42. The number of hydrogen-bond donors (Lipinski definition) is 2. The number of anilines is 1. The minimum Gasteiger partial charge on any atom is -0.508 e. The van der Waals surface area contributed by atoms with E-state index in [0.717, 1.165) is 5.69 Å². The van der Waals surface area contributed by atoms with Crippen LogP contribution in [0.25, 0.3) is 0 Å². The summed E-state index contributed by atoms with van der Waals surface area (Å²) in [5.74, 6) is 0.533. The molecule has 134 valence electrons. The number of amides is 2. The van der Waals surface area contributed by atoms with Gasteiger partial charge in [0.15, 0.2) is 5.78 Å². The van der Waals surface area contributed by atoms with E-state index >= 15 is 0 Å². The van der Waals surface area contributed by atoms with E-state index in [0.29, 0.717) is 43.7 Å². The fraction of sp³-hybridized carbons (Fsp3) is 0.300. The van der Waals surface area contributed by atoms with E-state index in [4.69, 9.17) is 4.74 Å². The Morgan fingerprint density at radius 1 is 1.12 bits per heavy atom. The third-order valence-corrected chi connectivity index (χ3v) is 5.06. The number of likely N-dealkylation sites (tertiary alicyclic amines) is 1. The number of fused-ring (bicyclic) bond motifs is 1. The van der Waals surface area contributed by atoms with Gasteiger partial charge in [-0.15, -0.1) is 0 Å². The average molecular weight is 352 g/mol. The molecule has 2 amide bonds. The van der Waals surface area contributed by atoms with Gasteiger partial charge in [-0.25, -0.2) is 4.79 Å². The third-order valence-electron chi connectivity index (χ3n) is 5.06. The maximum absolute atomic E-state index is 12.5. The molecule has 1 saturated heterocycles. The van der Waals surface area contributed by atoms with E-state index in [1.165, 1.54) is 12.1 Å². The molecule has 0 radical (unpaired) electrons. The molecule has 0 aromatic heterocycles. The summed E-state index contributed by atoms with van der Waals surface area (Å²) in [5.41, 5.74) is 0.672. The first kappa shape index (κ1) is 16.4. The lowest BCUT2D eigenvalue weighted by Crippen LogP contribution is -2.53. The van der Waals surface area contributed by atoms with E-state index in [9.17, 15) is 14.7 Å². The van der Waals surface area contributed by atoms with Crippen molar-refractivity contribution in [3.63, 3.8) is 0 Å². The molecule has 6 heteroatoms. The molecule has 0 bridgehead atoms. The normalized spacial score (nSPS) is 18.2. The van der Waals surface area contributed by atoms with Gasteiger partial charge in [-0.2, -0.15) is 0 Å². The Kier molecular flexibility index (Phi) is 4.03. The lowest BCUT2D eigenvalue weighted by Gasteiger charge is -2.43. The van der Waals surface area contributed by atoms with Crippen LogP contribution < -0.4 is 10.1 Å². The Bertz CT molecular complexity index is 842. The van der Waals surface area contributed by atoms with E-state index in [-0.39, 0.29) is 17.6 Å². The highest BCUT2D eigenvalue weighted by atomic mass is 16.5. The van der Waals surface area contributed by atoms with Crippen molar-refractivity contribution in [3.05, 3.63) is 54.1 Å².